The van der Waals surface area contributed by atoms with E-state index in [0.717, 1.165) is 36.7 Å². The number of aromatic nitrogens is 1. The Morgan fingerprint density at radius 2 is 2.29 bits per heavy atom. The van der Waals surface area contributed by atoms with Crippen LogP contribution in [0.1, 0.15) is 17.8 Å². The maximum atomic E-state index is 5.95. The van der Waals surface area contributed by atoms with Crippen LogP contribution in [0.2, 0.25) is 0 Å². The normalized spacial score (nSPS) is 19.9. The second kappa shape index (κ2) is 5.47. The summed E-state index contributed by atoms with van der Waals surface area (Å²) in [6.45, 7) is 4.29. The van der Waals surface area contributed by atoms with Crippen LogP contribution in [-0.2, 0) is 11.3 Å². The Labute approximate surface area is 103 Å². The number of hydrogen-bond donors (Lipinski definition) is 0. The molecule has 1 aliphatic heterocycles. The van der Waals surface area contributed by atoms with E-state index in [-0.39, 0.29) is 6.10 Å². The van der Waals surface area contributed by atoms with Gasteiger partial charge in [-0.1, -0.05) is 0 Å². The maximum Gasteiger partial charge on any atom is 0.142 e. The fourth-order valence-electron chi connectivity index (χ4n) is 1.90. The number of nitrogens with zero attached hydrogens (tertiary/aromatic N) is 2. The highest BCUT2D eigenvalue weighted by atomic mass is 16.5. The number of rotatable bonds is 4. The molecule has 1 aromatic heterocycles. The van der Waals surface area contributed by atoms with E-state index in [0.29, 0.717) is 6.61 Å². The van der Waals surface area contributed by atoms with Gasteiger partial charge in [0, 0.05) is 18.7 Å². The molecular weight excluding hydrogens is 216 g/mol. The summed E-state index contributed by atoms with van der Waals surface area (Å²) in [7, 11) is 4.07. The van der Waals surface area contributed by atoms with E-state index < -0.39 is 0 Å². The van der Waals surface area contributed by atoms with Gasteiger partial charge < -0.3 is 14.4 Å². The van der Waals surface area contributed by atoms with E-state index in [1.54, 1.807) is 0 Å². The van der Waals surface area contributed by atoms with Gasteiger partial charge >= 0.3 is 0 Å². The summed E-state index contributed by atoms with van der Waals surface area (Å²) >= 11 is 0. The third-order valence-corrected chi connectivity index (χ3v) is 2.72. The molecule has 0 amide bonds. The van der Waals surface area contributed by atoms with Crippen LogP contribution in [0.15, 0.2) is 12.1 Å². The van der Waals surface area contributed by atoms with Gasteiger partial charge in [0.05, 0.1) is 18.9 Å². The molecular formula is C13H20N2O2. The first-order chi connectivity index (χ1) is 8.15. The van der Waals surface area contributed by atoms with Gasteiger partial charge in [-0.15, -0.1) is 0 Å². The lowest BCUT2D eigenvalue weighted by atomic mass is 10.2. The van der Waals surface area contributed by atoms with Crippen molar-refractivity contribution in [1.82, 2.24) is 9.88 Å². The minimum atomic E-state index is 0.181. The number of ether oxygens (including phenoxy) is 2. The Bertz CT molecular complexity index is 374. The van der Waals surface area contributed by atoms with E-state index in [4.69, 9.17) is 9.47 Å². The van der Waals surface area contributed by atoms with Crippen molar-refractivity contribution in [3.05, 3.63) is 23.5 Å². The molecule has 1 aliphatic rings. The molecule has 0 bridgehead atoms. The average Bonchev–Trinajstić information content (AvgIpc) is 2.74. The smallest absolute Gasteiger partial charge is 0.142 e. The summed E-state index contributed by atoms with van der Waals surface area (Å²) in [5.41, 5.74) is 2.03. The van der Waals surface area contributed by atoms with Crippen molar-refractivity contribution in [2.24, 2.45) is 0 Å². The Hall–Kier alpha value is -1.13. The minimum Gasteiger partial charge on any atom is -0.486 e. The van der Waals surface area contributed by atoms with Gasteiger partial charge in [-0.3, -0.25) is 4.98 Å². The van der Waals surface area contributed by atoms with E-state index in [1.165, 1.54) is 0 Å². The number of pyridine rings is 1. The van der Waals surface area contributed by atoms with Crippen molar-refractivity contribution in [3.8, 4) is 5.75 Å². The van der Waals surface area contributed by atoms with E-state index >= 15 is 0 Å². The van der Waals surface area contributed by atoms with Crippen LogP contribution >= 0.6 is 0 Å². The van der Waals surface area contributed by atoms with Crippen LogP contribution in [0.4, 0.5) is 0 Å². The van der Waals surface area contributed by atoms with E-state index in [2.05, 4.69) is 9.88 Å². The Morgan fingerprint density at radius 3 is 2.94 bits per heavy atom. The molecule has 1 unspecified atom stereocenters. The predicted molar refractivity (Wildman–Crippen MR) is 66.2 cm³/mol. The molecule has 2 rings (SSSR count). The third kappa shape index (κ3) is 3.41. The molecule has 0 radical (unpaired) electrons. The van der Waals surface area contributed by atoms with Crippen molar-refractivity contribution in [3.63, 3.8) is 0 Å². The van der Waals surface area contributed by atoms with Gasteiger partial charge in [-0.25, -0.2) is 0 Å². The monoisotopic (exact) mass is 236 g/mol. The predicted octanol–water partition coefficient (Wildman–Crippen LogP) is 1.62. The number of hydrogen-bond acceptors (Lipinski definition) is 4. The van der Waals surface area contributed by atoms with Crippen LogP contribution in [0.5, 0.6) is 5.75 Å². The lowest BCUT2D eigenvalue weighted by Gasteiger charge is -2.17. The maximum absolute atomic E-state index is 5.95. The molecule has 0 spiro atoms. The molecule has 0 aromatic carbocycles. The van der Waals surface area contributed by atoms with Crippen LogP contribution in [0, 0.1) is 6.92 Å². The average molecular weight is 236 g/mol. The third-order valence-electron chi connectivity index (χ3n) is 2.72. The minimum absolute atomic E-state index is 0.181. The van der Waals surface area contributed by atoms with Gasteiger partial charge in [0.25, 0.3) is 0 Å². The summed E-state index contributed by atoms with van der Waals surface area (Å²) in [5.74, 6) is 0.889. The van der Waals surface area contributed by atoms with Crippen molar-refractivity contribution in [2.45, 2.75) is 26.0 Å². The molecule has 1 aromatic rings. The first-order valence-corrected chi connectivity index (χ1v) is 6.01. The zero-order valence-corrected chi connectivity index (χ0v) is 10.8. The summed E-state index contributed by atoms with van der Waals surface area (Å²) in [5, 5.41) is 0. The Morgan fingerprint density at radius 1 is 1.47 bits per heavy atom. The van der Waals surface area contributed by atoms with Gasteiger partial charge in [0.15, 0.2) is 0 Å². The Kier molecular flexibility index (Phi) is 3.97. The van der Waals surface area contributed by atoms with Gasteiger partial charge in [-0.2, -0.15) is 0 Å². The molecule has 17 heavy (non-hydrogen) atoms. The summed E-state index contributed by atoms with van der Waals surface area (Å²) in [6.07, 6.45) is 1.15. The Balaban J connectivity index is 2.13. The van der Waals surface area contributed by atoms with Crippen LogP contribution in [0.3, 0.4) is 0 Å². The highest BCUT2D eigenvalue weighted by molar-refractivity contribution is 5.29. The first-order valence-electron chi connectivity index (χ1n) is 6.01. The summed E-state index contributed by atoms with van der Waals surface area (Å²) in [4.78, 5) is 6.64. The molecule has 0 saturated carbocycles. The molecule has 0 N–H and O–H groups in total. The molecule has 94 valence electrons. The first kappa shape index (κ1) is 12.3. The molecule has 4 heteroatoms. The fraction of sp³-hybridized carbons (Fsp3) is 0.615. The second-order valence-corrected chi connectivity index (χ2v) is 4.74. The topological polar surface area (TPSA) is 34.6 Å². The summed E-state index contributed by atoms with van der Waals surface area (Å²) < 4.78 is 11.3. The second-order valence-electron chi connectivity index (χ2n) is 4.74. The van der Waals surface area contributed by atoms with Crippen LogP contribution < -0.4 is 4.74 Å². The highest BCUT2D eigenvalue weighted by Crippen LogP contribution is 2.22. The van der Waals surface area contributed by atoms with Gasteiger partial charge in [0.1, 0.15) is 11.9 Å². The van der Waals surface area contributed by atoms with E-state index in [1.807, 2.05) is 33.2 Å². The zero-order valence-electron chi connectivity index (χ0n) is 10.8. The van der Waals surface area contributed by atoms with E-state index in [9.17, 15) is 0 Å². The standard InChI is InChI=1S/C13H20N2O2/c1-10-4-5-13(12(14-10)8-15(2)3)17-11-6-7-16-9-11/h4-5,11H,6-9H2,1-3H3. The molecule has 1 atom stereocenters. The lowest BCUT2D eigenvalue weighted by Crippen LogP contribution is -2.19. The molecule has 0 aliphatic carbocycles. The molecule has 1 fully saturated rings. The van der Waals surface area contributed by atoms with Crippen molar-refractivity contribution >= 4 is 0 Å². The lowest BCUT2D eigenvalue weighted by molar-refractivity contribution is 0.139. The van der Waals surface area contributed by atoms with Crippen LogP contribution in [-0.4, -0.2) is 43.3 Å². The molecule has 1 saturated heterocycles. The molecule has 4 nitrogen and oxygen atoms in total. The van der Waals surface area contributed by atoms with Gasteiger partial charge in [-0.05, 0) is 33.2 Å². The summed E-state index contributed by atoms with van der Waals surface area (Å²) in [6, 6.07) is 4.00. The van der Waals surface area contributed by atoms with Crippen molar-refractivity contribution in [2.75, 3.05) is 27.3 Å². The fourth-order valence-corrected chi connectivity index (χ4v) is 1.90. The van der Waals surface area contributed by atoms with Crippen LogP contribution in [0.25, 0.3) is 0 Å². The highest BCUT2D eigenvalue weighted by Gasteiger charge is 2.19. The zero-order chi connectivity index (χ0) is 12.3. The van der Waals surface area contributed by atoms with Crippen molar-refractivity contribution in [1.29, 1.82) is 0 Å². The molecule has 2 heterocycles. The van der Waals surface area contributed by atoms with Gasteiger partial charge in [0.2, 0.25) is 0 Å². The SMILES string of the molecule is Cc1ccc(OC2CCOC2)c(CN(C)C)n1. The number of aryl methyl sites for hydroxylation is 1. The van der Waals surface area contributed by atoms with Crippen molar-refractivity contribution < 1.29 is 9.47 Å². The largest absolute Gasteiger partial charge is 0.486 e. The quantitative estimate of drug-likeness (QED) is 0.795.